The van der Waals surface area contributed by atoms with E-state index >= 15 is 0 Å². The van der Waals surface area contributed by atoms with Gasteiger partial charge < -0.3 is 0 Å². The number of hydrogen-bond acceptors (Lipinski definition) is 2. The highest BCUT2D eigenvalue weighted by Crippen LogP contribution is 2.48. The van der Waals surface area contributed by atoms with Crippen molar-refractivity contribution in [1.82, 2.24) is 4.98 Å². The first-order chi connectivity index (χ1) is 20.8. The summed E-state index contributed by atoms with van der Waals surface area (Å²) in [5.41, 5.74) is 8.38. The summed E-state index contributed by atoms with van der Waals surface area (Å²) in [5, 5.41) is 0.716. The Bertz CT molecular complexity index is 1510. The molecule has 4 rings (SSSR count). The van der Waals surface area contributed by atoms with Crippen LogP contribution >= 0.6 is 11.6 Å². The molecule has 43 heavy (non-hydrogen) atoms. The highest BCUT2D eigenvalue weighted by Gasteiger charge is 2.34. The third kappa shape index (κ3) is 7.73. The topological polar surface area (TPSA) is 30.0 Å². The molecule has 0 N–H and O–H groups in total. The molecule has 224 valence electrons. The molecule has 4 atom stereocenters. The largest absolute Gasteiger partial charge is 0.294 e. The molecule has 2 aromatic rings. The van der Waals surface area contributed by atoms with Crippen molar-refractivity contribution in [3.63, 3.8) is 0 Å². The molecule has 0 saturated carbocycles. The fourth-order valence-corrected chi connectivity index (χ4v) is 6.33. The summed E-state index contributed by atoms with van der Waals surface area (Å²) >= 11 is 6.60. The molecule has 2 aliphatic carbocycles. The molecule has 1 aromatic carbocycles. The number of carbonyl (C=O) groups is 1. The van der Waals surface area contributed by atoms with Crippen molar-refractivity contribution in [2.24, 2.45) is 17.8 Å². The van der Waals surface area contributed by atoms with Crippen molar-refractivity contribution in [2.75, 3.05) is 6.67 Å². The van der Waals surface area contributed by atoms with E-state index < -0.39 is 6.67 Å². The summed E-state index contributed by atoms with van der Waals surface area (Å²) in [6.45, 7) is 12.1. The third-order valence-corrected chi connectivity index (χ3v) is 9.16. The smallest absolute Gasteiger partial charge is 0.164 e. The van der Waals surface area contributed by atoms with Crippen LogP contribution in [0.4, 0.5) is 4.39 Å². The van der Waals surface area contributed by atoms with Crippen LogP contribution in [-0.4, -0.2) is 17.4 Å². The van der Waals surface area contributed by atoms with Gasteiger partial charge in [0.2, 0.25) is 0 Å². The Labute approximate surface area is 262 Å². The van der Waals surface area contributed by atoms with Crippen LogP contribution in [0.15, 0.2) is 84.6 Å². The van der Waals surface area contributed by atoms with Crippen molar-refractivity contribution >= 4 is 28.5 Å². The standard InChI is InChI=1S/C39H43ClFNO/c1-6-8-10-16-33-34-19-18-31(40)22-35(34)28(5)36(32-15-12-11-13-26(3)27(32)4)23-37(33)38-20-17-30(25-42-38)39(43)21-29(24-41)14-9-7-2/h7,11-13,15,17-20,22,25,27-29,36H,2,6,8-9,14,21,23-24H2,1,3-5H3. The van der Waals surface area contributed by atoms with Crippen LogP contribution in [-0.2, 0) is 0 Å². The molecule has 0 radical (unpaired) electrons. The number of allylic oxidation sites excluding steroid dienone is 9. The Hall–Kier alpha value is -3.48. The Morgan fingerprint density at radius 3 is 2.70 bits per heavy atom. The van der Waals surface area contributed by atoms with E-state index in [1.54, 1.807) is 12.3 Å². The minimum atomic E-state index is -0.515. The number of aromatic nitrogens is 1. The molecule has 0 saturated heterocycles. The number of hydrogen-bond donors (Lipinski definition) is 0. The molecular formula is C39H43ClFNO. The van der Waals surface area contributed by atoms with E-state index in [2.05, 4.69) is 82.6 Å². The van der Waals surface area contributed by atoms with E-state index in [4.69, 9.17) is 16.6 Å². The molecule has 0 spiro atoms. The summed E-state index contributed by atoms with van der Waals surface area (Å²) in [4.78, 5) is 17.9. The van der Waals surface area contributed by atoms with Gasteiger partial charge in [-0.25, -0.2) is 0 Å². The number of pyridine rings is 1. The first-order valence-corrected chi connectivity index (χ1v) is 15.9. The van der Waals surface area contributed by atoms with Crippen LogP contribution in [0.25, 0.3) is 11.1 Å². The zero-order valence-electron chi connectivity index (χ0n) is 25.9. The molecule has 2 nitrogen and oxygen atoms in total. The molecule has 1 heterocycles. The highest BCUT2D eigenvalue weighted by molar-refractivity contribution is 6.30. The number of Topliss-reactive ketones (excluding diaryl/α,β-unsaturated/α-hetero) is 1. The molecular weight excluding hydrogens is 553 g/mol. The van der Waals surface area contributed by atoms with Crippen molar-refractivity contribution in [3.05, 3.63) is 112 Å². The normalized spacial score (nSPS) is 20.6. The van der Waals surface area contributed by atoms with E-state index in [0.717, 1.165) is 41.7 Å². The quantitative estimate of drug-likeness (QED) is 0.155. The molecule has 4 unspecified atom stereocenters. The lowest BCUT2D eigenvalue weighted by Gasteiger charge is -2.30. The highest BCUT2D eigenvalue weighted by atomic mass is 35.5. The van der Waals surface area contributed by atoms with Gasteiger partial charge in [-0.05, 0) is 97.2 Å². The van der Waals surface area contributed by atoms with Gasteiger partial charge >= 0.3 is 0 Å². The molecule has 0 fully saturated rings. The second-order valence-corrected chi connectivity index (χ2v) is 12.3. The SMILES string of the molecule is C=CCCC(CF)CC(=O)c1ccc(C2=C(C#CCCC)c3ccc(Cl)cc3C(C)C(C3=CC=CC=C(C)C3C)C2)nc1. The molecule has 1 aromatic heterocycles. The third-order valence-electron chi connectivity index (χ3n) is 8.93. The predicted octanol–water partition coefficient (Wildman–Crippen LogP) is 10.8. The van der Waals surface area contributed by atoms with Crippen molar-refractivity contribution in [2.45, 2.75) is 72.1 Å². The van der Waals surface area contributed by atoms with Gasteiger partial charge in [-0.1, -0.05) is 91.8 Å². The summed E-state index contributed by atoms with van der Waals surface area (Å²) in [5.74, 6) is 7.22. The Kier molecular flexibility index (Phi) is 11.5. The number of rotatable bonds is 10. The number of nitrogens with zero attached hydrogens (tertiary/aromatic N) is 1. The van der Waals surface area contributed by atoms with Crippen molar-refractivity contribution in [1.29, 1.82) is 0 Å². The number of benzene rings is 1. The van der Waals surface area contributed by atoms with E-state index in [0.29, 0.717) is 23.4 Å². The maximum atomic E-state index is 13.6. The van der Waals surface area contributed by atoms with E-state index in [1.807, 2.05) is 18.2 Å². The lowest BCUT2D eigenvalue weighted by Crippen LogP contribution is -2.18. The zero-order chi connectivity index (χ0) is 30.9. The second kappa shape index (κ2) is 15.3. The first-order valence-electron chi connectivity index (χ1n) is 15.5. The van der Waals surface area contributed by atoms with Gasteiger partial charge in [0.15, 0.2) is 5.78 Å². The summed E-state index contributed by atoms with van der Waals surface area (Å²) in [6, 6.07) is 9.92. The minimum Gasteiger partial charge on any atom is -0.294 e. The Morgan fingerprint density at radius 2 is 2.00 bits per heavy atom. The Morgan fingerprint density at radius 1 is 1.21 bits per heavy atom. The Balaban J connectivity index is 1.83. The number of alkyl halides is 1. The van der Waals surface area contributed by atoms with E-state index in [-0.39, 0.29) is 35.9 Å². The maximum absolute atomic E-state index is 13.6. The van der Waals surface area contributed by atoms with E-state index in [9.17, 15) is 9.18 Å². The minimum absolute atomic E-state index is 0.0819. The van der Waals surface area contributed by atoms with Gasteiger partial charge in [0.05, 0.1) is 12.4 Å². The van der Waals surface area contributed by atoms with Crippen molar-refractivity contribution < 1.29 is 9.18 Å². The van der Waals surface area contributed by atoms with E-state index in [1.165, 1.54) is 16.7 Å². The monoisotopic (exact) mass is 595 g/mol. The lowest BCUT2D eigenvalue weighted by atomic mass is 9.74. The van der Waals surface area contributed by atoms with Crippen LogP contribution in [0.3, 0.4) is 0 Å². The van der Waals surface area contributed by atoms with Gasteiger partial charge in [0, 0.05) is 35.2 Å². The fraction of sp³-hybridized carbons (Fsp3) is 0.385. The maximum Gasteiger partial charge on any atom is 0.164 e. The van der Waals surface area contributed by atoms with Crippen molar-refractivity contribution in [3.8, 4) is 11.8 Å². The first kappa shape index (κ1) is 32.4. The number of ketones is 1. The fourth-order valence-electron chi connectivity index (χ4n) is 6.15. The van der Waals surface area contributed by atoms with Gasteiger partial charge in [-0.2, -0.15) is 0 Å². The molecule has 0 bridgehead atoms. The molecule has 0 aliphatic heterocycles. The molecule has 0 amide bonds. The van der Waals surface area contributed by atoms with Gasteiger partial charge in [-0.3, -0.25) is 14.2 Å². The summed E-state index contributed by atoms with van der Waals surface area (Å²) < 4.78 is 13.6. The number of halogens is 2. The molecule has 2 aliphatic rings. The van der Waals surface area contributed by atoms with Crippen LogP contribution < -0.4 is 0 Å². The predicted molar refractivity (Wildman–Crippen MR) is 180 cm³/mol. The van der Waals surface area contributed by atoms with Gasteiger partial charge in [0.1, 0.15) is 0 Å². The van der Waals surface area contributed by atoms with Gasteiger partial charge in [-0.15, -0.1) is 6.58 Å². The lowest BCUT2D eigenvalue weighted by molar-refractivity contribution is 0.0950. The zero-order valence-corrected chi connectivity index (χ0v) is 26.7. The average Bonchev–Trinajstić information content (AvgIpc) is 3.25. The number of carbonyl (C=O) groups excluding carboxylic acids is 1. The summed E-state index contributed by atoms with van der Waals surface area (Å²) in [7, 11) is 0. The number of fused-ring (bicyclic) bond motifs is 1. The molecule has 4 heteroatoms. The van der Waals surface area contributed by atoms with Crippen LogP contribution in [0.5, 0.6) is 0 Å². The average molecular weight is 596 g/mol. The van der Waals surface area contributed by atoms with Gasteiger partial charge in [0.25, 0.3) is 0 Å². The van der Waals surface area contributed by atoms with Crippen LogP contribution in [0.1, 0.15) is 99.3 Å². The van der Waals surface area contributed by atoms with Crippen LogP contribution in [0, 0.1) is 29.6 Å². The second-order valence-electron chi connectivity index (χ2n) is 11.9. The number of unbranched alkanes of at least 4 members (excludes halogenated alkanes) is 1. The summed E-state index contributed by atoms with van der Waals surface area (Å²) in [6.07, 6.45) is 16.2. The van der Waals surface area contributed by atoms with Crippen LogP contribution in [0.2, 0.25) is 5.02 Å².